The van der Waals surface area contributed by atoms with Gasteiger partial charge in [-0.3, -0.25) is 4.79 Å². The summed E-state index contributed by atoms with van der Waals surface area (Å²) in [5.41, 5.74) is -0.506. The van der Waals surface area contributed by atoms with Crippen LogP contribution in [0.15, 0.2) is 280 Å². The molecule has 1 nitrogen and oxygen atoms in total. The van der Waals surface area contributed by atoms with Crippen molar-refractivity contribution in [2.24, 2.45) is 0 Å². The van der Waals surface area contributed by atoms with Crippen molar-refractivity contribution in [2.45, 2.75) is 33.2 Å². The highest BCUT2D eigenvalue weighted by atomic mass is 35.5. The van der Waals surface area contributed by atoms with Gasteiger partial charge in [0.15, 0.2) is 0 Å². The molecule has 0 saturated carbocycles. The molecule has 0 aliphatic carbocycles. The van der Waals surface area contributed by atoms with Crippen molar-refractivity contribution in [2.75, 3.05) is 5.49 Å². The molecule has 0 N–H and O–H groups in total. The summed E-state index contributed by atoms with van der Waals surface area (Å²) in [7, 11) is -1.76. The van der Waals surface area contributed by atoms with Crippen molar-refractivity contribution in [1.82, 2.24) is 0 Å². The van der Waals surface area contributed by atoms with Crippen LogP contribution in [0.4, 0.5) is 39.5 Å². The third kappa shape index (κ3) is 20.8. The SMILES string of the molecule is FC(F)(F)/C(=C/Sc1ccccc1)c1ccc(Cl)cc1.FC(F)(F)/C(=C\Sc1ccccc1)c1ccc(Cl)cc1.O=C(c1ccc(Cl)cc1)C(F)(F)F.[Cl-].c1ccc(SC[P+](c2ccccc2)(c2ccccc2)c2ccccc2)cc1. The molecule has 0 spiro atoms. The molecule has 0 radical (unpaired) electrons. The van der Waals surface area contributed by atoms with Gasteiger partial charge in [-0.2, -0.15) is 39.5 Å². The van der Waals surface area contributed by atoms with Gasteiger partial charge < -0.3 is 12.4 Å². The Morgan fingerprint density at radius 2 is 0.617 bits per heavy atom. The molecule has 9 rings (SSSR count). The van der Waals surface area contributed by atoms with Gasteiger partial charge in [-0.25, -0.2) is 0 Å². The van der Waals surface area contributed by atoms with Gasteiger partial charge in [0.1, 0.15) is 28.7 Å². The third-order valence-corrected chi connectivity index (χ3v) is 19.9. The summed E-state index contributed by atoms with van der Waals surface area (Å²) < 4.78 is 114. The van der Waals surface area contributed by atoms with E-state index in [1.807, 2.05) is 23.9 Å². The van der Waals surface area contributed by atoms with Gasteiger partial charge in [-0.1, -0.05) is 204 Å². The second-order valence-electron chi connectivity index (χ2n) is 16.7. The Morgan fingerprint density at radius 3 is 0.889 bits per heavy atom. The van der Waals surface area contributed by atoms with Gasteiger partial charge in [0.2, 0.25) is 0 Å². The first kappa shape index (κ1) is 65.9. The molecule has 0 heterocycles. The average molecular weight is 1260 g/mol. The number of benzene rings is 9. The van der Waals surface area contributed by atoms with E-state index in [-0.39, 0.29) is 23.5 Å². The molecule has 0 amide bonds. The summed E-state index contributed by atoms with van der Waals surface area (Å²) in [4.78, 5) is 13.4. The first-order valence-corrected chi connectivity index (χ1v) is 29.7. The van der Waals surface area contributed by atoms with Crippen molar-refractivity contribution in [3.63, 3.8) is 0 Å². The molecule has 18 heteroatoms. The zero-order valence-corrected chi connectivity index (χ0v) is 48.5. The number of rotatable bonds is 13. The minimum absolute atomic E-state index is 0. The van der Waals surface area contributed by atoms with Crippen molar-refractivity contribution in [1.29, 1.82) is 0 Å². The minimum atomic E-state index is -4.83. The summed E-state index contributed by atoms with van der Waals surface area (Å²) in [5, 5.41) is 7.66. The number of hydrogen-bond donors (Lipinski definition) is 0. The quantitative estimate of drug-likeness (QED) is 0.0495. The van der Waals surface area contributed by atoms with E-state index >= 15 is 0 Å². The van der Waals surface area contributed by atoms with Crippen LogP contribution in [-0.4, -0.2) is 29.8 Å². The van der Waals surface area contributed by atoms with E-state index in [1.165, 1.54) is 81.5 Å². The topological polar surface area (TPSA) is 17.1 Å². The highest BCUT2D eigenvalue weighted by Gasteiger charge is 2.45. The lowest BCUT2D eigenvalue weighted by molar-refractivity contribution is -0.0885. The maximum absolute atomic E-state index is 13.1. The molecule has 0 aliphatic heterocycles. The fraction of sp³-hybridized carbons (Fsp3) is 0.0635. The standard InChI is InChI=1S/C25H22PS.2C15H10ClF3S.C8H4ClF3O.ClH/c1-5-13-22(14-6-1)26(23-15-7-2-8-16-23,24-17-9-3-10-18-24)21-27-25-19-11-4-12-20-25;2*16-12-8-6-11(7-9-12)14(15(17,18)19)10-20-13-4-2-1-3-5-13;9-6-3-1-5(2-4-6)7(13)8(10,11)12;/h1-20H,21H2;2*1-10H;1-4H;1H/q+1;;;;/p-1/b;14-10+;14-10-;;. The molecule has 0 saturated heterocycles. The molecule has 0 fully saturated rings. The maximum atomic E-state index is 13.1. The number of halogens is 13. The van der Waals surface area contributed by atoms with Crippen LogP contribution >= 0.6 is 77.4 Å². The van der Waals surface area contributed by atoms with Gasteiger partial charge in [-0.15, -0.1) is 0 Å². The van der Waals surface area contributed by atoms with Gasteiger partial charge in [0, 0.05) is 35.3 Å². The molecular weight excluding hydrogens is 1210 g/mol. The first-order chi connectivity index (χ1) is 38.2. The van der Waals surface area contributed by atoms with E-state index in [0.29, 0.717) is 15.1 Å². The molecular formula is C63H46Cl4F9OPS3. The molecule has 0 unspecified atom stereocenters. The van der Waals surface area contributed by atoms with Crippen molar-refractivity contribution in [3.05, 3.63) is 297 Å². The number of alkyl halides is 9. The summed E-state index contributed by atoms with van der Waals surface area (Å²) in [6, 6.07) is 77.5. The summed E-state index contributed by atoms with van der Waals surface area (Å²) in [5.74, 6) is -1.86. The molecule has 0 aromatic heterocycles. The predicted molar refractivity (Wildman–Crippen MR) is 320 cm³/mol. The maximum Gasteiger partial charge on any atom is 0.454 e. The fourth-order valence-corrected chi connectivity index (χ4v) is 15.8. The Hall–Kier alpha value is -5.86. The van der Waals surface area contributed by atoms with Gasteiger partial charge in [0.25, 0.3) is 5.78 Å². The van der Waals surface area contributed by atoms with E-state index in [0.717, 1.165) is 61.8 Å². The van der Waals surface area contributed by atoms with Crippen LogP contribution in [-0.2, 0) is 0 Å². The van der Waals surface area contributed by atoms with Crippen LogP contribution < -0.4 is 28.3 Å². The number of carbonyl (C=O) groups excluding carboxylic acids is 1. The van der Waals surface area contributed by atoms with E-state index in [9.17, 15) is 44.3 Å². The molecule has 81 heavy (non-hydrogen) atoms. The lowest BCUT2D eigenvalue weighted by Gasteiger charge is -2.27. The monoisotopic (exact) mass is 1260 g/mol. The van der Waals surface area contributed by atoms with Crippen LogP contribution in [0.5, 0.6) is 0 Å². The smallest absolute Gasteiger partial charge is 0.454 e. The Morgan fingerprint density at radius 1 is 0.358 bits per heavy atom. The first-order valence-electron chi connectivity index (χ1n) is 23.8. The van der Waals surface area contributed by atoms with Crippen molar-refractivity contribution < 1.29 is 56.7 Å². The predicted octanol–water partition coefficient (Wildman–Crippen LogP) is 17.9. The van der Waals surface area contributed by atoms with Gasteiger partial charge in [-0.05, 0) is 143 Å². The number of ketones is 1. The van der Waals surface area contributed by atoms with Crippen LogP contribution in [0.3, 0.4) is 0 Å². The van der Waals surface area contributed by atoms with Gasteiger partial charge in [0.05, 0.1) is 11.1 Å². The van der Waals surface area contributed by atoms with E-state index in [1.54, 1.807) is 48.5 Å². The Bertz CT molecular complexity index is 3140. The molecule has 0 atom stereocenters. The molecule has 0 aliphatic rings. The summed E-state index contributed by atoms with van der Waals surface area (Å²) >= 11 is 20.9. The largest absolute Gasteiger partial charge is 1.00 e. The molecule has 418 valence electrons. The number of hydrogen-bond acceptors (Lipinski definition) is 4. The summed E-state index contributed by atoms with van der Waals surface area (Å²) in [6.45, 7) is 0. The van der Waals surface area contributed by atoms with Gasteiger partial charge >= 0.3 is 18.5 Å². The van der Waals surface area contributed by atoms with Crippen molar-refractivity contribution in [3.8, 4) is 0 Å². The second-order valence-corrected chi connectivity index (χ2v) is 24.8. The lowest BCUT2D eigenvalue weighted by Crippen LogP contribution is -3.00. The summed E-state index contributed by atoms with van der Waals surface area (Å²) in [6.07, 6.45) is -13.6. The highest BCUT2D eigenvalue weighted by molar-refractivity contribution is 8.13. The second kappa shape index (κ2) is 32.1. The van der Waals surface area contributed by atoms with E-state index in [2.05, 4.69) is 121 Å². The highest BCUT2D eigenvalue weighted by Crippen LogP contribution is 2.58. The normalized spacial score (nSPS) is 11.8. The minimum Gasteiger partial charge on any atom is -1.00 e. The Kier molecular flexibility index (Phi) is 26.1. The molecule has 0 bridgehead atoms. The zero-order chi connectivity index (χ0) is 57.6. The fourth-order valence-electron chi connectivity index (χ4n) is 7.28. The third-order valence-electron chi connectivity index (χ3n) is 11.2. The van der Waals surface area contributed by atoms with Crippen LogP contribution in [0.2, 0.25) is 15.1 Å². The number of Topliss-reactive ketones (excluding diaryl/α,β-unsaturated/α-hetero) is 1. The van der Waals surface area contributed by atoms with Crippen LogP contribution in [0, 0.1) is 0 Å². The Labute approximate surface area is 499 Å². The molecule has 9 aromatic carbocycles. The van der Waals surface area contributed by atoms with Crippen LogP contribution in [0.1, 0.15) is 21.5 Å². The number of thioether (sulfide) groups is 3. The zero-order valence-electron chi connectivity index (χ0n) is 42.1. The number of carbonyl (C=O) groups is 1. The van der Waals surface area contributed by atoms with E-state index in [4.69, 9.17) is 34.8 Å². The average Bonchev–Trinajstić information content (AvgIpc) is 3.61. The number of allylic oxidation sites excluding steroid dienone is 2. The Balaban J connectivity index is 0.000000203. The van der Waals surface area contributed by atoms with Crippen LogP contribution in [0.25, 0.3) is 11.1 Å². The van der Waals surface area contributed by atoms with Crippen molar-refractivity contribution >= 4 is 110 Å². The molecule has 9 aromatic rings. The lowest BCUT2D eigenvalue weighted by atomic mass is 10.1. The van der Waals surface area contributed by atoms with E-state index < -0.39 is 48.3 Å².